The Morgan fingerprint density at radius 1 is 1.14 bits per heavy atom. The van der Waals surface area contributed by atoms with Crippen LogP contribution in [-0.2, 0) is 4.74 Å². The van der Waals surface area contributed by atoms with Gasteiger partial charge in [-0.25, -0.2) is 4.79 Å². The van der Waals surface area contributed by atoms with Crippen LogP contribution >= 0.6 is 0 Å². The first-order chi connectivity index (χ1) is 9.96. The Hall–Kier alpha value is -0.770. The van der Waals surface area contributed by atoms with Crippen LogP contribution in [0.25, 0.3) is 0 Å². The molecule has 4 nitrogen and oxygen atoms in total. The number of ether oxygens (including phenoxy) is 1. The maximum atomic E-state index is 11.8. The lowest BCUT2D eigenvalue weighted by Gasteiger charge is -2.28. The second-order valence-electron chi connectivity index (χ2n) is 7.66. The van der Waals surface area contributed by atoms with Crippen molar-refractivity contribution in [2.45, 2.75) is 77.4 Å². The fourth-order valence-corrected chi connectivity index (χ4v) is 3.76. The average molecular weight is 296 g/mol. The lowest BCUT2D eigenvalue weighted by Crippen LogP contribution is -2.41. The number of nitrogens with one attached hydrogen (secondary N) is 2. The number of carbonyl (C=O) groups excluding carboxylic acids is 1. The molecule has 2 unspecified atom stereocenters. The van der Waals surface area contributed by atoms with Crippen molar-refractivity contribution in [3.05, 3.63) is 0 Å². The van der Waals surface area contributed by atoms with Gasteiger partial charge in [0, 0.05) is 12.6 Å². The van der Waals surface area contributed by atoms with Gasteiger partial charge in [0.15, 0.2) is 0 Å². The number of hydrogen-bond acceptors (Lipinski definition) is 3. The SMILES string of the molecule is CC(C)(C)OC(=O)NCC1CCNC1C1CCCCCC1. The summed E-state index contributed by atoms with van der Waals surface area (Å²) in [6.07, 6.45) is 9.10. The summed E-state index contributed by atoms with van der Waals surface area (Å²) in [5, 5.41) is 6.65. The number of amides is 1. The van der Waals surface area contributed by atoms with Gasteiger partial charge in [-0.1, -0.05) is 25.7 Å². The van der Waals surface area contributed by atoms with Crippen molar-refractivity contribution >= 4 is 6.09 Å². The Morgan fingerprint density at radius 3 is 2.43 bits per heavy atom. The van der Waals surface area contributed by atoms with E-state index in [-0.39, 0.29) is 6.09 Å². The summed E-state index contributed by atoms with van der Waals surface area (Å²) in [4.78, 5) is 11.8. The molecule has 1 aliphatic carbocycles. The van der Waals surface area contributed by atoms with E-state index in [1.807, 2.05) is 20.8 Å². The molecule has 2 fully saturated rings. The molecule has 0 radical (unpaired) electrons. The van der Waals surface area contributed by atoms with Gasteiger partial charge < -0.3 is 15.4 Å². The highest BCUT2D eigenvalue weighted by atomic mass is 16.6. The molecule has 2 N–H and O–H groups in total. The summed E-state index contributed by atoms with van der Waals surface area (Å²) in [5.41, 5.74) is -0.418. The molecule has 0 aromatic rings. The molecular formula is C17H32N2O2. The molecule has 2 aliphatic rings. The second-order valence-corrected chi connectivity index (χ2v) is 7.66. The van der Waals surface area contributed by atoms with E-state index in [4.69, 9.17) is 4.74 Å². The van der Waals surface area contributed by atoms with Gasteiger partial charge in [-0.3, -0.25) is 0 Å². The molecule has 1 saturated heterocycles. The number of hydrogen-bond donors (Lipinski definition) is 2. The molecule has 0 bridgehead atoms. The van der Waals surface area contributed by atoms with Crippen molar-refractivity contribution in [1.29, 1.82) is 0 Å². The van der Waals surface area contributed by atoms with Crippen LogP contribution in [0.3, 0.4) is 0 Å². The second kappa shape index (κ2) is 7.48. The van der Waals surface area contributed by atoms with Crippen LogP contribution in [0, 0.1) is 11.8 Å². The molecule has 0 aromatic heterocycles. The third-order valence-corrected chi connectivity index (χ3v) is 4.72. The van der Waals surface area contributed by atoms with E-state index in [1.165, 1.54) is 38.5 Å². The van der Waals surface area contributed by atoms with Crippen LogP contribution in [0.5, 0.6) is 0 Å². The standard InChI is InChI=1S/C17H32N2O2/c1-17(2,3)21-16(20)19-12-14-10-11-18-15(14)13-8-6-4-5-7-9-13/h13-15,18H,4-12H2,1-3H3,(H,19,20). The van der Waals surface area contributed by atoms with Gasteiger partial charge in [0.25, 0.3) is 0 Å². The molecule has 0 aromatic carbocycles. The van der Waals surface area contributed by atoms with Gasteiger partial charge in [-0.2, -0.15) is 0 Å². The number of carbonyl (C=O) groups is 1. The molecule has 1 saturated carbocycles. The van der Waals surface area contributed by atoms with Crippen molar-refractivity contribution < 1.29 is 9.53 Å². The van der Waals surface area contributed by atoms with Crippen LogP contribution < -0.4 is 10.6 Å². The molecule has 0 spiro atoms. The minimum absolute atomic E-state index is 0.283. The number of alkyl carbamates (subject to hydrolysis) is 1. The lowest BCUT2D eigenvalue weighted by molar-refractivity contribution is 0.0515. The fourth-order valence-electron chi connectivity index (χ4n) is 3.76. The predicted molar refractivity (Wildman–Crippen MR) is 85.3 cm³/mol. The van der Waals surface area contributed by atoms with Crippen molar-refractivity contribution in [3.63, 3.8) is 0 Å². The van der Waals surface area contributed by atoms with Gasteiger partial charge in [0.1, 0.15) is 5.60 Å². The molecule has 122 valence electrons. The zero-order valence-corrected chi connectivity index (χ0v) is 13.9. The highest BCUT2D eigenvalue weighted by Gasteiger charge is 2.33. The van der Waals surface area contributed by atoms with Gasteiger partial charge in [0.05, 0.1) is 0 Å². The smallest absolute Gasteiger partial charge is 0.407 e. The predicted octanol–water partition coefficient (Wildman–Crippen LogP) is 3.46. The van der Waals surface area contributed by atoms with Crippen LogP contribution in [-0.4, -0.2) is 30.8 Å². The minimum atomic E-state index is -0.418. The summed E-state index contributed by atoms with van der Waals surface area (Å²) < 4.78 is 5.33. The van der Waals surface area contributed by atoms with Gasteiger partial charge in [-0.05, 0) is 58.4 Å². The van der Waals surface area contributed by atoms with E-state index >= 15 is 0 Å². The third-order valence-electron chi connectivity index (χ3n) is 4.72. The zero-order valence-electron chi connectivity index (χ0n) is 13.9. The fraction of sp³-hybridized carbons (Fsp3) is 0.941. The Labute approximate surface area is 129 Å². The molecule has 21 heavy (non-hydrogen) atoms. The highest BCUT2D eigenvalue weighted by Crippen LogP contribution is 2.31. The summed E-state index contributed by atoms with van der Waals surface area (Å²) in [5.74, 6) is 1.35. The zero-order chi connectivity index (χ0) is 15.3. The summed E-state index contributed by atoms with van der Waals surface area (Å²) in [6, 6.07) is 0.582. The Balaban J connectivity index is 1.80. The van der Waals surface area contributed by atoms with Crippen molar-refractivity contribution in [1.82, 2.24) is 10.6 Å². The quantitative estimate of drug-likeness (QED) is 0.784. The van der Waals surface area contributed by atoms with Crippen molar-refractivity contribution in [3.8, 4) is 0 Å². The molecule has 1 amide bonds. The molecule has 1 heterocycles. The Bertz CT molecular complexity index is 330. The monoisotopic (exact) mass is 296 g/mol. The van der Waals surface area contributed by atoms with Crippen molar-refractivity contribution in [2.75, 3.05) is 13.1 Å². The minimum Gasteiger partial charge on any atom is -0.444 e. The Kier molecular flexibility index (Phi) is 5.91. The topological polar surface area (TPSA) is 50.4 Å². The van der Waals surface area contributed by atoms with Crippen LogP contribution in [0.4, 0.5) is 4.79 Å². The van der Waals surface area contributed by atoms with E-state index in [9.17, 15) is 4.79 Å². The number of rotatable bonds is 3. The maximum absolute atomic E-state index is 11.8. The summed E-state index contributed by atoms with van der Waals surface area (Å²) >= 11 is 0. The van der Waals surface area contributed by atoms with Gasteiger partial charge in [-0.15, -0.1) is 0 Å². The molecular weight excluding hydrogens is 264 g/mol. The largest absolute Gasteiger partial charge is 0.444 e. The maximum Gasteiger partial charge on any atom is 0.407 e. The van der Waals surface area contributed by atoms with E-state index in [1.54, 1.807) is 0 Å². The van der Waals surface area contributed by atoms with Gasteiger partial charge >= 0.3 is 6.09 Å². The first-order valence-corrected chi connectivity index (χ1v) is 8.66. The summed E-state index contributed by atoms with van der Waals surface area (Å²) in [6.45, 7) is 7.53. The first-order valence-electron chi connectivity index (χ1n) is 8.66. The lowest BCUT2D eigenvalue weighted by atomic mass is 9.84. The van der Waals surface area contributed by atoms with E-state index in [0.717, 1.165) is 25.4 Å². The van der Waals surface area contributed by atoms with E-state index in [0.29, 0.717) is 12.0 Å². The first kappa shape index (κ1) is 16.6. The van der Waals surface area contributed by atoms with Crippen molar-refractivity contribution in [2.24, 2.45) is 11.8 Å². The van der Waals surface area contributed by atoms with E-state index in [2.05, 4.69) is 10.6 Å². The van der Waals surface area contributed by atoms with Crippen LogP contribution in [0.15, 0.2) is 0 Å². The van der Waals surface area contributed by atoms with Crippen LogP contribution in [0.1, 0.15) is 65.7 Å². The Morgan fingerprint density at radius 2 is 1.81 bits per heavy atom. The third kappa shape index (κ3) is 5.50. The normalized spacial score (nSPS) is 28.1. The highest BCUT2D eigenvalue weighted by molar-refractivity contribution is 5.67. The summed E-state index contributed by atoms with van der Waals surface area (Å²) in [7, 11) is 0. The average Bonchev–Trinajstić information content (AvgIpc) is 2.68. The molecule has 4 heteroatoms. The molecule has 2 atom stereocenters. The van der Waals surface area contributed by atoms with E-state index < -0.39 is 5.60 Å². The van der Waals surface area contributed by atoms with Gasteiger partial charge in [0.2, 0.25) is 0 Å². The molecule has 1 aliphatic heterocycles. The molecule has 2 rings (SSSR count). The van der Waals surface area contributed by atoms with Crippen LogP contribution in [0.2, 0.25) is 0 Å².